The van der Waals surface area contributed by atoms with Crippen LogP contribution in [0.15, 0.2) is 54.7 Å². The van der Waals surface area contributed by atoms with Gasteiger partial charge in [-0.25, -0.2) is 4.79 Å². The van der Waals surface area contributed by atoms with Gasteiger partial charge in [0.25, 0.3) is 0 Å². The monoisotopic (exact) mass is 473 g/mol. The van der Waals surface area contributed by atoms with Gasteiger partial charge in [0.2, 0.25) is 5.91 Å². The number of carbonyl (C=O) groups excluding carboxylic acids is 2. The van der Waals surface area contributed by atoms with Crippen LogP contribution in [0.25, 0.3) is 0 Å². The van der Waals surface area contributed by atoms with Crippen LogP contribution in [-0.4, -0.2) is 34.9 Å². The second-order valence-corrected chi connectivity index (χ2v) is 9.46. The van der Waals surface area contributed by atoms with Crippen LogP contribution in [0.4, 0.5) is 9.80 Å². The van der Waals surface area contributed by atoms with Gasteiger partial charge in [-0.05, 0) is 35.6 Å². The molecule has 1 aromatic carbocycles. The number of nitrogens with zero attached hydrogens (tertiary/aromatic N) is 3. The largest absolute Gasteiger partial charge is 0.338 e. The minimum absolute atomic E-state index is 0.0756. The Balaban J connectivity index is 1.35. The van der Waals surface area contributed by atoms with Crippen molar-refractivity contribution in [3.63, 3.8) is 0 Å². The standard InChI is InChI=1S/C26H27N5O2S/c1-18(19-7-3-2-4-8-19)15-24(32)30-25-22(16-27)21-11-14-31(17-23(21)34-25)26(33)29-13-10-20-9-5-6-12-28-20/h2-9,12,18H,10-11,13-15,17H2,1H3,(H,29,33)(H,30,32)/t18-/m1/s1. The molecule has 0 spiro atoms. The SMILES string of the molecule is C[C@H](CC(=O)Nc1sc2c(c1C#N)CCN(C(=O)NCCc1ccccn1)C2)c1ccccc1. The van der Waals surface area contributed by atoms with E-state index in [0.717, 1.165) is 21.7 Å². The van der Waals surface area contributed by atoms with Gasteiger partial charge >= 0.3 is 6.03 Å². The second-order valence-electron chi connectivity index (χ2n) is 8.36. The highest BCUT2D eigenvalue weighted by atomic mass is 32.1. The Morgan fingerprint density at radius 1 is 1.21 bits per heavy atom. The van der Waals surface area contributed by atoms with Crippen LogP contribution in [0.5, 0.6) is 0 Å². The van der Waals surface area contributed by atoms with Crippen molar-refractivity contribution in [2.45, 2.75) is 38.6 Å². The number of benzene rings is 1. The Morgan fingerprint density at radius 3 is 2.74 bits per heavy atom. The molecule has 2 aromatic heterocycles. The first-order chi connectivity index (χ1) is 16.5. The zero-order chi connectivity index (χ0) is 23.9. The number of aromatic nitrogens is 1. The smallest absolute Gasteiger partial charge is 0.317 e. The number of rotatable bonds is 7. The first-order valence-corrected chi connectivity index (χ1v) is 12.2. The molecule has 3 aromatic rings. The summed E-state index contributed by atoms with van der Waals surface area (Å²) in [5.74, 6) is -0.0397. The minimum Gasteiger partial charge on any atom is -0.338 e. The van der Waals surface area contributed by atoms with Gasteiger partial charge in [-0.1, -0.05) is 43.3 Å². The van der Waals surface area contributed by atoms with E-state index in [1.54, 1.807) is 11.1 Å². The van der Waals surface area contributed by atoms with Gasteiger partial charge < -0.3 is 15.5 Å². The van der Waals surface area contributed by atoms with E-state index in [1.807, 2.05) is 55.5 Å². The molecule has 3 amide bonds. The molecule has 1 atom stereocenters. The average molecular weight is 474 g/mol. The zero-order valence-corrected chi connectivity index (χ0v) is 19.9. The summed E-state index contributed by atoms with van der Waals surface area (Å²) in [6, 6.07) is 17.8. The maximum Gasteiger partial charge on any atom is 0.317 e. The summed E-state index contributed by atoms with van der Waals surface area (Å²) >= 11 is 1.39. The highest BCUT2D eigenvalue weighted by molar-refractivity contribution is 7.16. The number of urea groups is 1. The van der Waals surface area contributed by atoms with Crippen LogP contribution < -0.4 is 10.6 Å². The van der Waals surface area contributed by atoms with E-state index in [9.17, 15) is 14.9 Å². The molecule has 1 aliphatic rings. The summed E-state index contributed by atoms with van der Waals surface area (Å²) in [6.45, 7) is 3.49. The Kier molecular flexibility index (Phi) is 7.55. The summed E-state index contributed by atoms with van der Waals surface area (Å²) in [5, 5.41) is 16.2. The van der Waals surface area contributed by atoms with Crippen molar-refractivity contribution >= 4 is 28.3 Å². The number of hydrogen-bond donors (Lipinski definition) is 2. The molecule has 1 aliphatic heterocycles. The molecule has 7 nitrogen and oxygen atoms in total. The van der Waals surface area contributed by atoms with E-state index in [1.165, 1.54) is 11.3 Å². The fraction of sp³-hybridized carbons (Fsp3) is 0.308. The number of hydrogen-bond acceptors (Lipinski definition) is 5. The topological polar surface area (TPSA) is 98.1 Å². The van der Waals surface area contributed by atoms with Crippen molar-refractivity contribution in [3.8, 4) is 6.07 Å². The van der Waals surface area contributed by atoms with Gasteiger partial charge in [0.15, 0.2) is 0 Å². The number of pyridine rings is 1. The molecule has 0 aliphatic carbocycles. The number of nitrogens with one attached hydrogen (secondary N) is 2. The Morgan fingerprint density at radius 2 is 2.00 bits per heavy atom. The van der Waals surface area contributed by atoms with E-state index < -0.39 is 0 Å². The van der Waals surface area contributed by atoms with Crippen LogP contribution in [0.2, 0.25) is 0 Å². The molecule has 3 heterocycles. The van der Waals surface area contributed by atoms with Crippen molar-refractivity contribution < 1.29 is 9.59 Å². The van der Waals surface area contributed by atoms with Crippen LogP contribution in [-0.2, 0) is 24.2 Å². The Labute approximate surface area is 203 Å². The van der Waals surface area contributed by atoms with Crippen LogP contribution >= 0.6 is 11.3 Å². The summed E-state index contributed by atoms with van der Waals surface area (Å²) in [7, 11) is 0. The lowest BCUT2D eigenvalue weighted by Crippen LogP contribution is -2.43. The molecule has 0 radical (unpaired) electrons. The normalized spacial score (nSPS) is 13.5. The van der Waals surface area contributed by atoms with Crippen molar-refractivity contribution in [1.82, 2.24) is 15.2 Å². The van der Waals surface area contributed by atoms with Gasteiger partial charge in [-0.2, -0.15) is 5.26 Å². The lowest BCUT2D eigenvalue weighted by Gasteiger charge is -2.27. The molecule has 0 saturated heterocycles. The van der Waals surface area contributed by atoms with Gasteiger partial charge in [0.1, 0.15) is 11.1 Å². The predicted octanol–water partition coefficient (Wildman–Crippen LogP) is 4.46. The van der Waals surface area contributed by atoms with E-state index in [-0.39, 0.29) is 17.9 Å². The van der Waals surface area contributed by atoms with Gasteiger partial charge in [-0.3, -0.25) is 9.78 Å². The summed E-state index contributed by atoms with van der Waals surface area (Å²) in [5.41, 5.74) is 3.50. The zero-order valence-electron chi connectivity index (χ0n) is 19.1. The number of carbonyl (C=O) groups is 2. The van der Waals surface area contributed by atoms with E-state index in [4.69, 9.17) is 0 Å². The second kappa shape index (κ2) is 10.9. The third kappa shape index (κ3) is 5.61. The van der Waals surface area contributed by atoms with Crippen molar-refractivity contribution in [2.24, 2.45) is 0 Å². The van der Waals surface area contributed by atoms with E-state index >= 15 is 0 Å². The lowest BCUT2D eigenvalue weighted by molar-refractivity contribution is -0.116. The molecule has 0 unspecified atom stereocenters. The van der Waals surface area contributed by atoms with Crippen LogP contribution in [0.1, 0.15) is 46.5 Å². The van der Waals surface area contributed by atoms with Gasteiger partial charge in [-0.15, -0.1) is 11.3 Å². The maximum absolute atomic E-state index is 12.7. The molecule has 2 N–H and O–H groups in total. The molecule has 0 bridgehead atoms. The fourth-order valence-corrected chi connectivity index (χ4v) is 5.32. The molecular formula is C26H27N5O2S. The Bertz CT molecular complexity index is 1190. The van der Waals surface area contributed by atoms with Gasteiger partial charge in [0.05, 0.1) is 12.1 Å². The molecule has 8 heteroatoms. The quantitative estimate of drug-likeness (QED) is 0.529. The first kappa shape index (κ1) is 23.5. The molecule has 4 rings (SSSR count). The lowest BCUT2D eigenvalue weighted by atomic mass is 9.97. The summed E-state index contributed by atoms with van der Waals surface area (Å²) in [6.07, 6.45) is 3.34. The first-order valence-electron chi connectivity index (χ1n) is 11.4. The molecular weight excluding hydrogens is 446 g/mol. The third-order valence-corrected chi connectivity index (χ3v) is 7.08. The van der Waals surface area contributed by atoms with Crippen molar-refractivity contribution in [2.75, 3.05) is 18.4 Å². The highest BCUT2D eigenvalue weighted by Crippen LogP contribution is 2.37. The number of amides is 3. The summed E-state index contributed by atoms with van der Waals surface area (Å²) < 4.78 is 0. The highest BCUT2D eigenvalue weighted by Gasteiger charge is 2.27. The maximum atomic E-state index is 12.7. The Hall–Kier alpha value is -3.70. The van der Waals surface area contributed by atoms with E-state index in [2.05, 4.69) is 21.7 Å². The van der Waals surface area contributed by atoms with Crippen molar-refractivity contribution in [1.29, 1.82) is 5.26 Å². The number of nitriles is 1. The van der Waals surface area contributed by atoms with Crippen LogP contribution in [0, 0.1) is 11.3 Å². The predicted molar refractivity (Wildman–Crippen MR) is 133 cm³/mol. The van der Waals surface area contributed by atoms with Crippen molar-refractivity contribution in [3.05, 3.63) is 82.0 Å². The van der Waals surface area contributed by atoms with E-state index in [0.29, 0.717) is 49.5 Å². The summed E-state index contributed by atoms with van der Waals surface area (Å²) in [4.78, 5) is 32.3. The molecule has 174 valence electrons. The van der Waals surface area contributed by atoms with Crippen LogP contribution in [0.3, 0.4) is 0 Å². The number of fused-ring (bicyclic) bond motifs is 1. The molecule has 0 saturated carbocycles. The molecule has 0 fully saturated rings. The number of anilines is 1. The average Bonchev–Trinajstić information content (AvgIpc) is 3.20. The molecule has 34 heavy (non-hydrogen) atoms. The van der Waals surface area contributed by atoms with Gasteiger partial charge in [0, 0.05) is 42.7 Å². The third-order valence-electron chi connectivity index (χ3n) is 5.95. The fourth-order valence-electron chi connectivity index (χ4n) is 4.09. The minimum atomic E-state index is -0.129. The number of thiophene rings is 1.